The zero-order valence-electron chi connectivity index (χ0n) is 14.9. The zero-order valence-corrected chi connectivity index (χ0v) is 15.7. The van der Waals surface area contributed by atoms with Crippen LogP contribution in [0.3, 0.4) is 0 Å². The molecule has 4 nitrogen and oxygen atoms in total. The second-order valence-electron chi connectivity index (χ2n) is 8.59. The van der Waals surface area contributed by atoms with Crippen LogP contribution in [0.25, 0.3) is 0 Å². The minimum Gasteiger partial charge on any atom is -0.347 e. The van der Waals surface area contributed by atoms with Crippen molar-refractivity contribution in [2.75, 3.05) is 11.9 Å². The number of alkyl halides is 1. The fourth-order valence-electron chi connectivity index (χ4n) is 5.64. The van der Waals surface area contributed by atoms with Gasteiger partial charge in [0, 0.05) is 10.6 Å². The summed E-state index contributed by atoms with van der Waals surface area (Å²) in [4.78, 5) is 24.8. The third kappa shape index (κ3) is 3.22. The van der Waals surface area contributed by atoms with Crippen molar-refractivity contribution in [1.82, 2.24) is 5.32 Å². The van der Waals surface area contributed by atoms with Gasteiger partial charge in [0.1, 0.15) is 5.82 Å². The van der Waals surface area contributed by atoms with Gasteiger partial charge in [0.2, 0.25) is 11.8 Å². The lowest BCUT2D eigenvalue weighted by Gasteiger charge is -2.59. The Morgan fingerprint density at radius 3 is 2.54 bits per heavy atom. The highest BCUT2D eigenvalue weighted by Crippen LogP contribution is 2.63. The number of benzene rings is 1. The molecule has 4 aliphatic rings. The number of nitrogens with one attached hydrogen (secondary N) is 2. The predicted molar refractivity (Wildman–Crippen MR) is 98.5 cm³/mol. The molecule has 1 aromatic carbocycles. The molecule has 4 fully saturated rings. The van der Waals surface area contributed by atoms with E-state index in [1.165, 1.54) is 12.5 Å². The van der Waals surface area contributed by atoms with Crippen LogP contribution in [-0.2, 0) is 9.59 Å². The quantitative estimate of drug-likeness (QED) is 0.783. The molecule has 0 aromatic heterocycles. The van der Waals surface area contributed by atoms with E-state index in [9.17, 15) is 14.0 Å². The molecule has 4 bridgehead atoms. The van der Waals surface area contributed by atoms with E-state index in [4.69, 9.17) is 11.6 Å². The van der Waals surface area contributed by atoms with E-state index in [-0.39, 0.29) is 29.1 Å². The monoisotopic (exact) mass is 378 g/mol. The molecular weight excluding hydrogens is 355 g/mol. The van der Waals surface area contributed by atoms with Gasteiger partial charge in [0.15, 0.2) is 0 Å². The summed E-state index contributed by atoms with van der Waals surface area (Å²) in [5.41, 5.74) is 0.497. The Hall–Kier alpha value is -1.62. The Kier molecular flexibility index (Phi) is 4.25. The standard InChI is InChI=1S/C20H24ClFN2O2/c1-12-2-3-15(5-16(12)22)24-17(25)10-23-18(26)19-6-13-4-14(7-19)9-20(21,8-13)11-19/h2-3,5,13-14H,4,6-11H2,1H3,(H,23,26)(H,24,25)/t13-,14+,19?,20?. The van der Waals surface area contributed by atoms with Gasteiger partial charge >= 0.3 is 0 Å². The van der Waals surface area contributed by atoms with Crippen molar-refractivity contribution >= 4 is 29.1 Å². The molecular formula is C20H24ClFN2O2. The van der Waals surface area contributed by atoms with Crippen LogP contribution in [0, 0.1) is 30.0 Å². The van der Waals surface area contributed by atoms with Gasteiger partial charge in [-0.05, 0) is 75.0 Å². The fraction of sp³-hybridized carbons (Fsp3) is 0.600. The molecule has 26 heavy (non-hydrogen) atoms. The van der Waals surface area contributed by atoms with E-state index >= 15 is 0 Å². The lowest BCUT2D eigenvalue weighted by Crippen LogP contribution is -2.58. The molecule has 6 heteroatoms. The Bertz CT molecular complexity index is 752. The molecule has 0 aliphatic heterocycles. The van der Waals surface area contributed by atoms with E-state index in [1.807, 2.05) is 0 Å². The Labute approximate surface area is 157 Å². The molecule has 2 amide bonds. The van der Waals surface area contributed by atoms with Crippen LogP contribution in [-0.4, -0.2) is 23.2 Å². The highest BCUT2D eigenvalue weighted by molar-refractivity contribution is 6.24. The largest absolute Gasteiger partial charge is 0.347 e. The average Bonchev–Trinajstić information content (AvgIpc) is 2.53. The third-order valence-corrected chi connectivity index (χ3v) is 6.78. The first-order valence-corrected chi connectivity index (χ1v) is 9.68. The normalized spacial score (nSPS) is 34.6. The lowest BCUT2D eigenvalue weighted by atomic mass is 9.49. The first kappa shape index (κ1) is 17.8. The number of halogens is 2. The second kappa shape index (κ2) is 6.22. The molecule has 4 aliphatic carbocycles. The summed E-state index contributed by atoms with van der Waals surface area (Å²) >= 11 is 6.77. The highest BCUT2D eigenvalue weighted by Gasteiger charge is 2.60. The number of rotatable bonds is 4. The van der Waals surface area contributed by atoms with Gasteiger partial charge < -0.3 is 10.6 Å². The molecule has 5 rings (SSSR count). The number of carbonyl (C=O) groups is 2. The van der Waals surface area contributed by atoms with E-state index in [0.29, 0.717) is 29.5 Å². The van der Waals surface area contributed by atoms with Gasteiger partial charge in [-0.2, -0.15) is 0 Å². The second-order valence-corrected chi connectivity index (χ2v) is 9.39. The maximum Gasteiger partial charge on any atom is 0.243 e. The first-order valence-electron chi connectivity index (χ1n) is 9.30. The number of aryl methyl sites for hydroxylation is 1. The number of carbonyl (C=O) groups excluding carboxylic acids is 2. The van der Waals surface area contributed by atoms with E-state index in [0.717, 1.165) is 25.7 Å². The molecule has 1 aromatic rings. The summed E-state index contributed by atoms with van der Waals surface area (Å²) in [5.74, 6) is 0.286. The molecule has 4 saturated carbocycles. The van der Waals surface area contributed by atoms with Crippen LogP contribution in [0.4, 0.5) is 10.1 Å². The van der Waals surface area contributed by atoms with Crippen LogP contribution < -0.4 is 10.6 Å². The predicted octanol–water partition coefficient (Wildman–Crippen LogP) is 3.77. The summed E-state index contributed by atoms with van der Waals surface area (Å²) in [6.07, 6.45) is 5.69. The smallest absolute Gasteiger partial charge is 0.243 e. The van der Waals surface area contributed by atoms with Crippen LogP contribution in [0.1, 0.15) is 44.1 Å². The molecule has 140 valence electrons. The van der Waals surface area contributed by atoms with Gasteiger partial charge in [-0.3, -0.25) is 9.59 Å². The summed E-state index contributed by atoms with van der Waals surface area (Å²) < 4.78 is 13.6. The van der Waals surface area contributed by atoms with Crippen molar-refractivity contribution < 1.29 is 14.0 Å². The molecule has 0 heterocycles. The SMILES string of the molecule is Cc1ccc(NC(=O)CNC(=O)C23C[C@@H]4C[C@@H](CC(Cl)(C4)C2)C3)cc1F. The minimum atomic E-state index is -0.415. The minimum absolute atomic E-state index is 0.0538. The molecule has 0 radical (unpaired) electrons. The molecule has 0 saturated heterocycles. The van der Waals surface area contributed by atoms with Crippen LogP contribution in [0.2, 0.25) is 0 Å². The first-order chi connectivity index (χ1) is 12.3. The van der Waals surface area contributed by atoms with E-state index in [2.05, 4.69) is 10.6 Å². The summed E-state index contributed by atoms with van der Waals surface area (Å²) in [6.45, 7) is 1.55. The molecule has 2 unspecified atom stereocenters. The summed E-state index contributed by atoms with van der Waals surface area (Å²) in [7, 11) is 0. The topological polar surface area (TPSA) is 58.2 Å². The maximum absolute atomic E-state index is 13.6. The van der Waals surface area contributed by atoms with Crippen molar-refractivity contribution in [3.05, 3.63) is 29.6 Å². The third-order valence-electron chi connectivity index (χ3n) is 6.34. The number of hydrogen-bond donors (Lipinski definition) is 2. The van der Waals surface area contributed by atoms with Gasteiger partial charge in [0.05, 0.1) is 12.0 Å². The van der Waals surface area contributed by atoms with Crippen molar-refractivity contribution in [1.29, 1.82) is 0 Å². The number of anilines is 1. The number of amides is 2. The molecule has 2 N–H and O–H groups in total. The fourth-order valence-corrected chi connectivity index (χ4v) is 6.33. The van der Waals surface area contributed by atoms with Crippen LogP contribution >= 0.6 is 11.6 Å². The van der Waals surface area contributed by atoms with Crippen molar-refractivity contribution in [3.8, 4) is 0 Å². The maximum atomic E-state index is 13.6. The Balaban J connectivity index is 1.36. The summed E-state index contributed by atoms with van der Waals surface area (Å²) in [5, 5.41) is 5.43. The van der Waals surface area contributed by atoms with Gasteiger partial charge in [-0.15, -0.1) is 11.6 Å². The highest BCUT2D eigenvalue weighted by atomic mass is 35.5. The zero-order chi connectivity index (χ0) is 18.5. The van der Waals surface area contributed by atoms with Crippen LogP contribution in [0.15, 0.2) is 18.2 Å². The van der Waals surface area contributed by atoms with Crippen molar-refractivity contribution in [2.45, 2.75) is 50.3 Å². The number of hydrogen-bond acceptors (Lipinski definition) is 2. The summed E-state index contributed by atoms with van der Waals surface area (Å²) in [6, 6.07) is 4.54. The average molecular weight is 379 g/mol. The molecule has 4 atom stereocenters. The lowest BCUT2D eigenvalue weighted by molar-refractivity contribution is -0.145. The van der Waals surface area contributed by atoms with E-state index < -0.39 is 5.41 Å². The Morgan fingerprint density at radius 2 is 1.92 bits per heavy atom. The van der Waals surface area contributed by atoms with Crippen LogP contribution in [0.5, 0.6) is 0 Å². The Morgan fingerprint density at radius 1 is 1.23 bits per heavy atom. The van der Waals surface area contributed by atoms with E-state index in [1.54, 1.807) is 19.1 Å². The molecule has 0 spiro atoms. The van der Waals surface area contributed by atoms with Crippen molar-refractivity contribution in [2.24, 2.45) is 17.3 Å². The van der Waals surface area contributed by atoms with Gasteiger partial charge in [-0.25, -0.2) is 4.39 Å². The van der Waals surface area contributed by atoms with Crippen molar-refractivity contribution in [3.63, 3.8) is 0 Å². The van der Waals surface area contributed by atoms with Gasteiger partial charge in [-0.1, -0.05) is 6.07 Å². The van der Waals surface area contributed by atoms with Gasteiger partial charge in [0.25, 0.3) is 0 Å².